The minimum absolute atomic E-state index is 0.558. The van der Waals surface area contributed by atoms with Crippen molar-refractivity contribution in [1.82, 2.24) is 24.1 Å². The zero-order valence-corrected chi connectivity index (χ0v) is 35.5. The summed E-state index contributed by atoms with van der Waals surface area (Å²) < 4.78 is 11.4. The normalized spacial score (nSPS) is 13.5. The first-order valence-corrected chi connectivity index (χ1v) is 22.2. The van der Waals surface area contributed by atoms with E-state index in [2.05, 4.69) is 136 Å². The second kappa shape index (κ2) is 15.1. The maximum absolute atomic E-state index is 11.2. The molecular weight excluding hydrogens is 809 g/mol. The summed E-state index contributed by atoms with van der Waals surface area (Å²) in [7, 11) is 0. The monoisotopic (exact) mass is 844 g/mol. The summed E-state index contributed by atoms with van der Waals surface area (Å²) in [5.41, 5.74) is 14.1. The maximum atomic E-state index is 11.2. The van der Waals surface area contributed by atoms with E-state index < -0.39 is 0 Å². The Morgan fingerprint density at radius 3 is 2.06 bits per heavy atom. The van der Waals surface area contributed by atoms with Crippen molar-refractivity contribution in [3.63, 3.8) is 0 Å². The number of allylic oxidation sites excluding steroid dienone is 5. The van der Waals surface area contributed by atoms with E-state index in [0.29, 0.717) is 42.3 Å². The number of para-hydroxylation sites is 2. The van der Waals surface area contributed by atoms with Crippen LogP contribution in [0.4, 0.5) is 0 Å². The Morgan fingerprint density at radius 1 is 0.561 bits per heavy atom. The number of fused-ring (bicyclic) bond motifs is 11. The summed E-state index contributed by atoms with van der Waals surface area (Å²) in [5.74, 6) is 8.69. The van der Waals surface area contributed by atoms with Gasteiger partial charge in [0.1, 0.15) is 17.2 Å². The lowest BCUT2D eigenvalue weighted by molar-refractivity contribution is 0.669. The van der Waals surface area contributed by atoms with E-state index in [-0.39, 0.29) is 0 Å². The number of rotatable bonds is 6. The van der Waals surface area contributed by atoms with Gasteiger partial charge in [-0.2, -0.15) is 5.26 Å². The smallest absolute Gasteiger partial charge is 0.164 e. The van der Waals surface area contributed by atoms with Crippen molar-refractivity contribution in [3.8, 4) is 57.5 Å². The zero-order valence-electron chi connectivity index (χ0n) is 35.5. The van der Waals surface area contributed by atoms with Crippen molar-refractivity contribution >= 4 is 72.0 Å². The van der Waals surface area contributed by atoms with Gasteiger partial charge in [0.2, 0.25) is 0 Å². The number of hydrogen-bond donors (Lipinski definition) is 0. The lowest BCUT2D eigenvalue weighted by atomic mass is 9.95. The fourth-order valence-electron chi connectivity index (χ4n) is 10.0. The van der Waals surface area contributed by atoms with Crippen molar-refractivity contribution in [2.75, 3.05) is 0 Å². The van der Waals surface area contributed by atoms with Crippen molar-refractivity contribution < 1.29 is 4.42 Å². The van der Waals surface area contributed by atoms with Gasteiger partial charge >= 0.3 is 0 Å². The van der Waals surface area contributed by atoms with E-state index in [4.69, 9.17) is 19.4 Å². The van der Waals surface area contributed by atoms with Gasteiger partial charge in [-0.05, 0) is 90.2 Å². The van der Waals surface area contributed by atoms with Crippen LogP contribution in [-0.2, 0) is 0 Å². The Bertz CT molecular complexity index is 4020. The SMILES string of the molecule is N#CC1=C(n2c3ccccc3c3ccc4oc5ccc6c(c7c(n6-c6ccccc6)C=CCC#C7)c5c4c32)CCC(c2nc(-c3ccccc3)nc(-c3cccc(-c4ccccc4)c3)n2)=C1. The van der Waals surface area contributed by atoms with E-state index in [0.717, 1.165) is 105 Å². The summed E-state index contributed by atoms with van der Waals surface area (Å²) in [5, 5.41) is 16.4. The molecule has 66 heavy (non-hydrogen) atoms. The van der Waals surface area contributed by atoms with E-state index in [1.165, 1.54) is 0 Å². The lowest BCUT2D eigenvalue weighted by Crippen LogP contribution is -2.08. The number of nitrogens with zero attached hydrogens (tertiary/aromatic N) is 6. The molecule has 4 heterocycles. The van der Waals surface area contributed by atoms with Crippen molar-refractivity contribution in [1.29, 1.82) is 5.26 Å². The molecule has 13 rings (SSSR count). The predicted octanol–water partition coefficient (Wildman–Crippen LogP) is 14.2. The third-order valence-corrected chi connectivity index (χ3v) is 13.0. The molecule has 0 N–H and O–H groups in total. The molecule has 7 nitrogen and oxygen atoms in total. The van der Waals surface area contributed by atoms with Gasteiger partial charge in [0.15, 0.2) is 17.5 Å². The Labute approximate surface area is 379 Å². The molecule has 0 unspecified atom stereocenters. The van der Waals surface area contributed by atoms with E-state index in [9.17, 15) is 5.26 Å². The fraction of sp³-hybridized carbons (Fsp3) is 0.0508. The second-order valence-electron chi connectivity index (χ2n) is 16.7. The number of furan rings is 1. The van der Waals surface area contributed by atoms with Gasteiger partial charge in [0.05, 0.1) is 38.8 Å². The first kappa shape index (κ1) is 37.5. The highest BCUT2D eigenvalue weighted by molar-refractivity contribution is 6.30. The Morgan fingerprint density at radius 2 is 1.24 bits per heavy atom. The molecule has 0 atom stereocenters. The van der Waals surface area contributed by atoms with E-state index in [1.807, 2.05) is 72.8 Å². The van der Waals surface area contributed by atoms with Crippen LogP contribution in [0.3, 0.4) is 0 Å². The molecular formula is C59H36N6O. The maximum Gasteiger partial charge on any atom is 0.164 e. The molecule has 308 valence electrons. The summed E-state index contributed by atoms with van der Waals surface area (Å²) in [6.45, 7) is 0. The van der Waals surface area contributed by atoms with Crippen LogP contribution in [-0.4, -0.2) is 24.1 Å². The first-order valence-electron chi connectivity index (χ1n) is 22.2. The third kappa shape index (κ3) is 5.88. The molecule has 0 radical (unpaired) electrons. The molecule has 0 fully saturated rings. The molecule has 4 aromatic heterocycles. The number of benzene rings is 7. The topological polar surface area (TPSA) is 85.5 Å². The van der Waals surface area contributed by atoms with Crippen LogP contribution in [0.25, 0.3) is 112 Å². The van der Waals surface area contributed by atoms with Crippen LogP contribution in [0.15, 0.2) is 186 Å². The van der Waals surface area contributed by atoms with Gasteiger partial charge in [-0.3, -0.25) is 0 Å². The molecule has 0 aliphatic heterocycles. The number of nitriles is 1. The summed E-state index contributed by atoms with van der Waals surface area (Å²) >= 11 is 0. The van der Waals surface area contributed by atoms with Crippen LogP contribution in [0.2, 0.25) is 0 Å². The van der Waals surface area contributed by atoms with Crippen LogP contribution >= 0.6 is 0 Å². The van der Waals surface area contributed by atoms with Gasteiger partial charge in [0.25, 0.3) is 0 Å². The highest BCUT2D eigenvalue weighted by Gasteiger charge is 2.28. The minimum Gasteiger partial charge on any atom is -0.456 e. The van der Waals surface area contributed by atoms with Crippen molar-refractivity contribution in [2.24, 2.45) is 0 Å². The van der Waals surface area contributed by atoms with Gasteiger partial charge in [-0.25, -0.2) is 15.0 Å². The molecule has 2 aliphatic rings. The number of hydrogen-bond acceptors (Lipinski definition) is 5. The Hall–Kier alpha value is -9.04. The molecule has 0 spiro atoms. The second-order valence-corrected chi connectivity index (χ2v) is 16.7. The summed E-state index contributed by atoms with van der Waals surface area (Å²) in [4.78, 5) is 15.3. The molecule has 7 heteroatoms. The zero-order chi connectivity index (χ0) is 43.7. The quantitative estimate of drug-likeness (QED) is 0.156. The minimum atomic E-state index is 0.558. The largest absolute Gasteiger partial charge is 0.456 e. The highest BCUT2D eigenvalue weighted by atomic mass is 16.3. The molecule has 2 aliphatic carbocycles. The number of aromatic nitrogens is 5. The predicted molar refractivity (Wildman–Crippen MR) is 266 cm³/mol. The van der Waals surface area contributed by atoms with Gasteiger partial charge in [-0.15, -0.1) is 0 Å². The average molecular weight is 845 g/mol. The van der Waals surface area contributed by atoms with Gasteiger partial charge in [-0.1, -0.05) is 133 Å². The summed E-state index contributed by atoms with van der Waals surface area (Å²) in [6, 6.07) is 58.8. The van der Waals surface area contributed by atoms with E-state index >= 15 is 0 Å². The molecule has 0 saturated carbocycles. The Kier molecular flexibility index (Phi) is 8.56. The van der Waals surface area contributed by atoms with Gasteiger partial charge in [0, 0.05) is 50.5 Å². The standard InChI is InChI=1S/C59H36N6O/c60-36-42-35-41(59-62-57(38-18-7-2-8-19-38)61-58(63-59)40-21-15-20-39(34-40)37-16-5-1-6-17-37)28-30-47(42)65-48-27-14-13-24-44(48)45-29-32-52-55(56(45)65)54-51(66-52)33-31-50-53(54)46-25-11-4-12-26-49(46)64(50)43-22-9-3-10-23-43/h1-3,5-10,12-24,26-27,29,31-35H,4,28,30H2. The molecule has 0 amide bonds. The highest BCUT2D eigenvalue weighted by Crippen LogP contribution is 2.47. The first-order chi connectivity index (χ1) is 32.7. The Balaban J connectivity index is 1.05. The molecule has 0 saturated heterocycles. The van der Waals surface area contributed by atoms with Crippen LogP contribution in [0.5, 0.6) is 0 Å². The molecule has 0 bridgehead atoms. The van der Waals surface area contributed by atoms with Crippen LogP contribution in [0.1, 0.15) is 36.3 Å². The molecule has 11 aromatic rings. The van der Waals surface area contributed by atoms with Crippen LogP contribution < -0.4 is 0 Å². The lowest BCUT2D eigenvalue weighted by Gasteiger charge is -2.20. The van der Waals surface area contributed by atoms with Gasteiger partial charge < -0.3 is 13.6 Å². The van der Waals surface area contributed by atoms with Crippen molar-refractivity contribution in [3.05, 3.63) is 199 Å². The summed E-state index contributed by atoms with van der Waals surface area (Å²) in [6.07, 6.45) is 8.17. The third-order valence-electron chi connectivity index (χ3n) is 13.0. The average Bonchev–Trinajstić information content (AvgIpc) is 3.96. The van der Waals surface area contributed by atoms with Crippen LogP contribution in [0, 0.1) is 23.2 Å². The fourth-order valence-corrected chi connectivity index (χ4v) is 10.0. The van der Waals surface area contributed by atoms with E-state index in [1.54, 1.807) is 0 Å². The molecule has 7 aromatic carbocycles. The van der Waals surface area contributed by atoms with Crippen molar-refractivity contribution in [2.45, 2.75) is 19.3 Å².